The smallest absolute Gasteiger partial charge is 0.248 e. The summed E-state index contributed by atoms with van der Waals surface area (Å²) in [4.78, 5) is 10.9. The number of rotatable bonds is 8. The van der Waals surface area contributed by atoms with Gasteiger partial charge in [-0.2, -0.15) is 0 Å². The van der Waals surface area contributed by atoms with E-state index in [0.717, 1.165) is 25.1 Å². The van der Waals surface area contributed by atoms with Gasteiger partial charge in [0.25, 0.3) is 0 Å². The van der Waals surface area contributed by atoms with Gasteiger partial charge in [-0.3, -0.25) is 4.79 Å². The summed E-state index contributed by atoms with van der Waals surface area (Å²) in [5.74, 6) is -0.479. The summed E-state index contributed by atoms with van der Waals surface area (Å²) >= 11 is 6.03. The lowest BCUT2D eigenvalue weighted by Gasteiger charge is -2.07. The quantitative estimate of drug-likeness (QED) is 0.710. The van der Waals surface area contributed by atoms with Gasteiger partial charge in [-0.25, -0.2) is 0 Å². The number of primary amides is 1. The van der Waals surface area contributed by atoms with E-state index in [0.29, 0.717) is 23.8 Å². The largest absolute Gasteiger partial charge is 0.375 e. The zero-order valence-electron chi connectivity index (χ0n) is 10.5. The first-order chi connectivity index (χ1) is 8.65. The van der Waals surface area contributed by atoms with Crippen molar-refractivity contribution in [2.75, 3.05) is 19.7 Å². The van der Waals surface area contributed by atoms with Gasteiger partial charge in [0.1, 0.15) is 0 Å². The van der Waals surface area contributed by atoms with Gasteiger partial charge in [0.05, 0.1) is 13.2 Å². The molecule has 0 unspecified atom stereocenters. The summed E-state index contributed by atoms with van der Waals surface area (Å²) in [5.41, 5.74) is 6.43. The van der Waals surface area contributed by atoms with Crippen molar-refractivity contribution >= 4 is 17.5 Å². The molecule has 1 rings (SSSR count). The summed E-state index contributed by atoms with van der Waals surface area (Å²) in [6.45, 7) is 5.01. The normalized spacial score (nSPS) is 10.6. The molecule has 1 aromatic carbocycles. The summed E-state index contributed by atoms with van der Waals surface area (Å²) in [5, 5.41) is 3.75. The molecule has 0 spiro atoms. The van der Waals surface area contributed by atoms with Crippen LogP contribution in [-0.4, -0.2) is 25.6 Å². The van der Waals surface area contributed by atoms with Gasteiger partial charge in [0.2, 0.25) is 5.91 Å². The standard InChI is InChI=1S/C13H19ClN2O2/c1-2-5-16-6-7-18-9-11-4-3-10(13(15)17)8-12(11)14/h3-4,8,16H,2,5-7,9H2,1H3,(H2,15,17). The van der Waals surface area contributed by atoms with Crippen molar-refractivity contribution in [2.24, 2.45) is 5.73 Å². The van der Waals surface area contributed by atoms with Crippen LogP contribution in [0.5, 0.6) is 0 Å². The molecule has 4 nitrogen and oxygen atoms in total. The van der Waals surface area contributed by atoms with E-state index in [4.69, 9.17) is 22.1 Å². The Balaban J connectivity index is 2.36. The molecule has 5 heteroatoms. The Morgan fingerprint density at radius 3 is 2.83 bits per heavy atom. The first-order valence-corrected chi connectivity index (χ1v) is 6.39. The molecule has 0 aromatic heterocycles. The van der Waals surface area contributed by atoms with Gasteiger partial charge in [0, 0.05) is 17.1 Å². The number of hydrogen-bond donors (Lipinski definition) is 2. The zero-order valence-corrected chi connectivity index (χ0v) is 11.3. The fourth-order valence-corrected chi connectivity index (χ4v) is 1.68. The van der Waals surface area contributed by atoms with Crippen LogP contribution in [0.25, 0.3) is 0 Å². The molecule has 18 heavy (non-hydrogen) atoms. The Morgan fingerprint density at radius 1 is 1.44 bits per heavy atom. The fraction of sp³-hybridized carbons (Fsp3) is 0.462. The van der Waals surface area contributed by atoms with Crippen LogP contribution in [0.1, 0.15) is 29.3 Å². The van der Waals surface area contributed by atoms with Gasteiger partial charge >= 0.3 is 0 Å². The minimum absolute atomic E-state index is 0.411. The molecule has 1 aromatic rings. The molecule has 100 valence electrons. The van der Waals surface area contributed by atoms with E-state index in [1.807, 2.05) is 0 Å². The van der Waals surface area contributed by atoms with Crippen molar-refractivity contribution < 1.29 is 9.53 Å². The van der Waals surface area contributed by atoms with Gasteiger partial charge in [-0.05, 0) is 30.7 Å². The maximum Gasteiger partial charge on any atom is 0.248 e. The molecule has 0 aliphatic heterocycles. The second kappa shape index (κ2) is 8.08. The van der Waals surface area contributed by atoms with Gasteiger partial charge in [-0.15, -0.1) is 0 Å². The predicted octanol–water partition coefficient (Wildman–Crippen LogP) is 1.96. The zero-order chi connectivity index (χ0) is 13.4. The van der Waals surface area contributed by atoms with Crippen molar-refractivity contribution in [1.82, 2.24) is 5.32 Å². The Morgan fingerprint density at radius 2 is 2.22 bits per heavy atom. The maximum atomic E-state index is 10.9. The number of nitrogens with one attached hydrogen (secondary N) is 1. The Labute approximate surface area is 112 Å². The summed E-state index contributed by atoms with van der Waals surface area (Å²) in [7, 11) is 0. The van der Waals surface area contributed by atoms with Crippen LogP contribution in [-0.2, 0) is 11.3 Å². The summed E-state index contributed by atoms with van der Waals surface area (Å²) in [6.07, 6.45) is 1.11. The fourth-order valence-electron chi connectivity index (χ4n) is 1.45. The Hall–Kier alpha value is -1.10. The van der Waals surface area contributed by atoms with Crippen LogP contribution >= 0.6 is 11.6 Å². The van der Waals surface area contributed by atoms with E-state index in [1.165, 1.54) is 0 Å². The summed E-state index contributed by atoms with van der Waals surface area (Å²) in [6, 6.07) is 4.99. The molecule has 1 amide bonds. The van der Waals surface area contributed by atoms with E-state index >= 15 is 0 Å². The monoisotopic (exact) mass is 270 g/mol. The van der Waals surface area contributed by atoms with Gasteiger partial charge in [-0.1, -0.05) is 24.6 Å². The Kier molecular flexibility index (Phi) is 6.72. The van der Waals surface area contributed by atoms with Gasteiger partial charge in [0.15, 0.2) is 0 Å². The lowest BCUT2D eigenvalue weighted by Crippen LogP contribution is -2.20. The third-order valence-electron chi connectivity index (χ3n) is 2.45. The van der Waals surface area contributed by atoms with Crippen LogP contribution in [0, 0.1) is 0 Å². The second-order valence-electron chi connectivity index (χ2n) is 3.97. The van der Waals surface area contributed by atoms with Crippen molar-refractivity contribution in [1.29, 1.82) is 0 Å². The van der Waals surface area contributed by atoms with E-state index in [9.17, 15) is 4.79 Å². The maximum absolute atomic E-state index is 10.9. The van der Waals surface area contributed by atoms with E-state index in [-0.39, 0.29) is 0 Å². The topological polar surface area (TPSA) is 64.3 Å². The molecule has 0 radical (unpaired) electrons. The van der Waals surface area contributed by atoms with Crippen LogP contribution in [0.3, 0.4) is 0 Å². The minimum Gasteiger partial charge on any atom is -0.375 e. The van der Waals surface area contributed by atoms with Crippen molar-refractivity contribution in [2.45, 2.75) is 20.0 Å². The third-order valence-corrected chi connectivity index (χ3v) is 2.80. The number of carbonyl (C=O) groups excluding carboxylic acids is 1. The number of halogens is 1. The molecule has 0 heterocycles. The molecule has 0 fully saturated rings. The van der Waals surface area contributed by atoms with Crippen molar-refractivity contribution in [3.63, 3.8) is 0 Å². The van der Waals surface area contributed by atoms with Gasteiger partial charge < -0.3 is 15.8 Å². The number of ether oxygens (including phenoxy) is 1. The van der Waals surface area contributed by atoms with E-state index in [1.54, 1.807) is 18.2 Å². The number of amides is 1. The SMILES string of the molecule is CCCNCCOCc1ccc(C(N)=O)cc1Cl. The lowest BCUT2D eigenvalue weighted by atomic mass is 10.1. The lowest BCUT2D eigenvalue weighted by molar-refractivity contribution is 0.1000. The van der Waals surface area contributed by atoms with Crippen LogP contribution < -0.4 is 11.1 Å². The Bertz CT molecular complexity index is 397. The van der Waals surface area contributed by atoms with Crippen molar-refractivity contribution in [3.05, 3.63) is 34.3 Å². The number of nitrogens with two attached hydrogens (primary N) is 1. The average molecular weight is 271 g/mol. The molecule has 0 saturated heterocycles. The predicted molar refractivity (Wildman–Crippen MR) is 72.8 cm³/mol. The van der Waals surface area contributed by atoms with Crippen LogP contribution in [0.2, 0.25) is 5.02 Å². The first-order valence-electron chi connectivity index (χ1n) is 6.01. The number of benzene rings is 1. The number of carbonyl (C=O) groups is 1. The van der Waals surface area contributed by atoms with Crippen LogP contribution in [0.4, 0.5) is 0 Å². The third kappa shape index (κ3) is 5.04. The second-order valence-corrected chi connectivity index (χ2v) is 4.38. The minimum atomic E-state index is -0.479. The molecule has 0 aliphatic rings. The first kappa shape index (κ1) is 15.0. The van der Waals surface area contributed by atoms with Crippen molar-refractivity contribution in [3.8, 4) is 0 Å². The van der Waals surface area contributed by atoms with Crippen LogP contribution in [0.15, 0.2) is 18.2 Å². The molecular formula is C13H19ClN2O2. The number of hydrogen-bond acceptors (Lipinski definition) is 3. The molecule has 3 N–H and O–H groups in total. The highest BCUT2D eigenvalue weighted by Gasteiger charge is 2.05. The highest BCUT2D eigenvalue weighted by molar-refractivity contribution is 6.31. The van der Waals surface area contributed by atoms with E-state index in [2.05, 4.69) is 12.2 Å². The molecule has 0 bridgehead atoms. The average Bonchev–Trinajstić information content (AvgIpc) is 2.35. The molecule has 0 saturated carbocycles. The highest BCUT2D eigenvalue weighted by atomic mass is 35.5. The van der Waals surface area contributed by atoms with E-state index < -0.39 is 5.91 Å². The highest BCUT2D eigenvalue weighted by Crippen LogP contribution is 2.18. The molecule has 0 atom stereocenters. The molecule has 0 aliphatic carbocycles. The summed E-state index contributed by atoms with van der Waals surface area (Å²) < 4.78 is 5.48. The molecular weight excluding hydrogens is 252 g/mol.